The molecule has 1 unspecified atom stereocenters. The highest BCUT2D eigenvalue weighted by molar-refractivity contribution is 4.73. The van der Waals surface area contributed by atoms with E-state index in [9.17, 15) is 5.11 Å². The summed E-state index contributed by atoms with van der Waals surface area (Å²) in [6.45, 7) is 3.49. The average Bonchev–Trinajstić information content (AvgIpc) is 3.02. The molecule has 0 heterocycles. The van der Waals surface area contributed by atoms with Gasteiger partial charge in [0.1, 0.15) is 0 Å². The summed E-state index contributed by atoms with van der Waals surface area (Å²) in [5.74, 6) is 1.63. The zero-order valence-corrected chi connectivity index (χ0v) is 11.8. The fraction of sp³-hybridized carbons (Fsp3) is 1.00. The van der Waals surface area contributed by atoms with E-state index in [4.69, 9.17) is 4.74 Å². The van der Waals surface area contributed by atoms with Gasteiger partial charge in [0.05, 0.1) is 12.7 Å². The Morgan fingerprint density at radius 1 is 1.17 bits per heavy atom. The zero-order chi connectivity index (χ0) is 12.8. The van der Waals surface area contributed by atoms with Gasteiger partial charge in [0.2, 0.25) is 0 Å². The Morgan fingerprint density at radius 2 is 1.89 bits per heavy atom. The van der Waals surface area contributed by atoms with E-state index in [0.29, 0.717) is 0 Å². The van der Waals surface area contributed by atoms with Crippen molar-refractivity contribution >= 4 is 0 Å². The molecule has 0 aromatic heterocycles. The summed E-state index contributed by atoms with van der Waals surface area (Å²) < 4.78 is 5.62. The zero-order valence-electron chi connectivity index (χ0n) is 11.8. The number of hydrogen-bond donors (Lipinski definition) is 1. The molecular weight excluding hydrogens is 226 g/mol. The van der Waals surface area contributed by atoms with Crippen molar-refractivity contribution in [3.8, 4) is 0 Å². The molecule has 18 heavy (non-hydrogen) atoms. The summed E-state index contributed by atoms with van der Waals surface area (Å²) in [6, 6.07) is 0. The summed E-state index contributed by atoms with van der Waals surface area (Å²) >= 11 is 0. The minimum absolute atomic E-state index is 0.151. The average molecular weight is 255 g/mol. The Kier molecular flexibility index (Phi) is 5.93. The standard InChI is InChI=1S/C15H29NO2/c1-16(8-9-18-12-14-6-7-14)11-15(17)10-13-4-2-3-5-13/h13-15,17H,2-12H2,1H3. The lowest BCUT2D eigenvalue weighted by Gasteiger charge is -2.22. The van der Waals surface area contributed by atoms with Crippen LogP contribution in [0.2, 0.25) is 0 Å². The van der Waals surface area contributed by atoms with Gasteiger partial charge in [-0.05, 0) is 38.1 Å². The van der Waals surface area contributed by atoms with Crippen molar-refractivity contribution in [2.75, 3.05) is 33.4 Å². The first kappa shape index (κ1) is 14.3. The third-order valence-electron chi connectivity index (χ3n) is 4.27. The van der Waals surface area contributed by atoms with Gasteiger partial charge in [0, 0.05) is 19.7 Å². The Balaban J connectivity index is 1.47. The third-order valence-corrected chi connectivity index (χ3v) is 4.27. The highest BCUT2D eigenvalue weighted by Crippen LogP contribution is 2.29. The molecule has 2 fully saturated rings. The lowest BCUT2D eigenvalue weighted by Crippen LogP contribution is -2.32. The number of aliphatic hydroxyl groups is 1. The molecule has 2 aliphatic rings. The van der Waals surface area contributed by atoms with E-state index in [1.54, 1.807) is 0 Å². The first-order valence-corrected chi connectivity index (χ1v) is 7.68. The summed E-state index contributed by atoms with van der Waals surface area (Å²) in [5.41, 5.74) is 0. The van der Waals surface area contributed by atoms with E-state index >= 15 is 0 Å². The largest absolute Gasteiger partial charge is 0.392 e. The van der Waals surface area contributed by atoms with E-state index in [2.05, 4.69) is 11.9 Å². The normalized spacial score (nSPS) is 22.8. The summed E-state index contributed by atoms with van der Waals surface area (Å²) in [5, 5.41) is 10.1. The molecule has 0 aliphatic heterocycles. The minimum Gasteiger partial charge on any atom is -0.392 e. The molecule has 0 radical (unpaired) electrons. The van der Waals surface area contributed by atoms with Crippen LogP contribution in [0.25, 0.3) is 0 Å². The highest BCUT2D eigenvalue weighted by Gasteiger charge is 2.21. The predicted octanol–water partition coefficient (Wildman–Crippen LogP) is 2.29. The van der Waals surface area contributed by atoms with E-state index in [0.717, 1.165) is 44.6 Å². The number of likely N-dealkylation sites (N-methyl/N-ethyl adjacent to an activating group) is 1. The monoisotopic (exact) mass is 255 g/mol. The fourth-order valence-corrected chi connectivity index (χ4v) is 2.91. The maximum atomic E-state index is 10.1. The molecule has 3 nitrogen and oxygen atoms in total. The van der Waals surface area contributed by atoms with Crippen molar-refractivity contribution < 1.29 is 9.84 Å². The Bertz CT molecular complexity index is 225. The predicted molar refractivity (Wildman–Crippen MR) is 73.6 cm³/mol. The van der Waals surface area contributed by atoms with Gasteiger partial charge in [-0.15, -0.1) is 0 Å². The molecule has 0 bridgehead atoms. The third kappa shape index (κ3) is 5.68. The minimum atomic E-state index is -0.151. The Hall–Kier alpha value is -0.120. The van der Waals surface area contributed by atoms with Crippen LogP contribution in [0.4, 0.5) is 0 Å². The van der Waals surface area contributed by atoms with Gasteiger partial charge in [-0.3, -0.25) is 0 Å². The molecule has 1 atom stereocenters. The molecule has 0 aromatic carbocycles. The van der Waals surface area contributed by atoms with Gasteiger partial charge < -0.3 is 14.7 Å². The summed E-state index contributed by atoms with van der Waals surface area (Å²) in [4.78, 5) is 2.20. The van der Waals surface area contributed by atoms with Crippen molar-refractivity contribution in [3.63, 3.8) is 0 Å². The molecule has 2 aliphatic carbocycles. The van der Waals surface area contributed by atoms with E-state index in [1.807, 2.05) is 0 Å². The lowest BCUT2D eigenvalue weighted by molar-refractivity contribution is 0.0705. The SMILES string of the molecule is CN(CCOCC1CC1)CC(O)CC1CCCC1. The van der Waals surface area contributed by atoms with Crippen molar-refractivity contribution in [3.05, 3.63) is 0 Å². The highest BCUT2D eigenvalue weighted by atomic mass is 16.5. The number of ether oxygens (including phenoxy) is 1. The van der Waals surface area contributed by atoms with Crippen LogP contribution in [0.5, 0.6) is 0 Å². The second-order valence-electron chi connectivity index (χ2n) is 6.32. The lowest BCUT2D eigenvalue weighted by atomic mass is 10.00. The maximum absolute atomic E-state index is 10.1. The molecule has 0 spiro atoms. The smallest absolute Gasteiger partial charge is 0.0669 e. The molecule has 2 rings (SSSR count). The second kappa shape index (κ2) is 7.46. The van der Waals surface area contributed by atoms with Gasteiger partial charge in [0.15, 0.2) is 0 Å². The Morgan fingerprint density at radius 3 is 2.56 bits per heavy atom. The molecule has 0 amide bonds. The maximum Gasteiger partial charge on any atom is 0.0669 e. The van der Waals surface area contributed by atoms with E-state index in [1.165, 1.54) is 38.5 Å². The van der Waals surface area contributed by atoms with Crippen LogP contribution < -0.4 is 0 Å². The van der Waals surface area contributed by atoms with Crippen molar-refractivity contribution in [1.29, 1.82) is 0 Å². The quantitative estimate of drug-likeness (QED) is 0.642. The van der Waals surface area contributed by atoms with Crippen LogP contribution in [-0.4, -0.2) is 49.5 Å². The van der Waals surface area contributed by atoms with Gasteiger partial charge in [0.25, 0.3) is 0 Å². The van der Waals surface area contributed by atoms with Gasteiger partial charge in [-0.1, -0.05) is 25.7 Å². The van der Waals surface area contributed by atoms with Crippen LogP contribution >= 0.6 is 0 Å². The summed E-state index contributed by atoms with van der Waals surface area (Å²) in [7, 11) is 2.08. The topological polar surface area (TPSA) is 32.7 Å². The number of aliphatic hydroxyl groups excluding tert-OH is 1. The van der Waals surface area contributed by atoms with Crippen LogP contribution in [0.15, 0.2) is 0 Å². The molecule has 0 saturated heterocycles. The molecule has 106 valence electrons. The van der Waals surface area contributed by atoms with Gasteiger partial charge in [-0.25, -0.2) is 0 Å². The number of hydrogen-bond acceptors (Lipinski definition) is 3. The van der Waals surface area contributed by atoms with E-state index < -0.39 is 0 Å². The van der Waals surface area contributed by atoms with Gasteiger partial charge >= 0.3 is 0 Å². The molecule has 0 aromatic rings. The Labute approximate surface area is 112 Å². The number of rotatable bonds is 9. The second-order valence-corrected chi connectivity index (χ2v) is 6.32. The van der Waals surface area contributed by atoms with E-state index in [-0.39, 0.29) is 6.10 Å². The van der Waals surface area contributed by atoms with Crippen molar-refractivity contribution in [1.82, 2.24) is 4.90 Å². The number of nitrogens with zero attached hydrogens (tertiary/aromatic N) is 1. The van der Waals surface area contributed by atoms with Crippen LogP contribution in [-0.2, 0) is 4.74 Å². The van der Waals surface area contributed by atoms with Crippen LogP contribution in [0.3, 0.4) is 0 Å². The molecule has 1 N–H and O–H groups in total. The molecule has 2 saturated carbocycles. The first-order chi connectivity index (χ1) is 8.74. The van der Waals surface area contributed by atoms with Crippen LogP contribution in [0, 0.1) is 11.8 Å². The molecule has 3 heteroatoms. The van der Waals surface area contributed by atoms with Crippen molar-refractivity contribution in [2.45, 2.75) is 51.0 Å². The fourth-order valence-electron chi connectivity index (χ4n) is 2.91. The van der Waals surface area contributed by atoms with Crippen LogP contribution in [0.1, 0.15) is 44.9 Å². The van der Waals surface area contributed by atoms with Crippen molar-refractivity contribution in [2.24, 2.45) is 11.8 Å². The van der Waals surface area contributed by atoms with Gasteiger partial charge in [-0.2, -0.15) is 0 Å². The first-order valence-electron chi connectivity index (χ1n) is 7.68. The summed E-state index contributed by atoms with van der Waals surface area (Å²) in [6.07, 6.45) is 8.93. The molecular formula is C15H29NO2.